The standard InChI is InChI=1S/C18H20.W/c1-13(2)15-5-9-17(10-6-15)18-11-7-16(8-12-18)14(3)4;/h5-9,11,13-14H,1-4H3;/q-2;+2. The van der Waals surface area contributed by atoms with E-state index in [0.29, 0.717) is 11.8 Å². The Kier molecular flexibility index (Phi) is 6.01. The van der Waals surface area contributed by atoms with E-state index in [9.17, 15) is 0 Å². The van der Waals surface area contributed by atoms with Gasteiger partial charge in [-0.1, -0.05) is 39.5 Å². The number of hydrogen-bond donors (Lipinski definition) is 0. The van der Waals surface area contributed by atoms with E-state index < -0.39 is 0 Å². The average Bonchev–Trinajstić information content (AvgIpc) is 2.39. The fourth-order valence-corrected chi connectivity index (χ4v) is 1.93. The molecular weight excluding hydrogens is 400 g/mol. The number of benzene rings is 2. The van der Waals surface area contributed by atoms with Crippen LogP contribution in [0.3, 0.4) is 0 Å². The molecule has 0 aliphatic rings. The van der Waals surface area contributed by atoms with Crippen LogP contribution >= 0.6 is 0 Å². The van der Waals surface area contributed by atoms with Gasteiger partial charge in [0, 0.05) is 0 Å². The third kappa shape index (κ3) is 4.05. The van der Waals surface area contributed by atoms with Gasteiger partial charge in [-0.15, -0.1) is 11.1 Å². The Labute approximate surface area is 131 Å². The molecule has 0 nitrogen and oxygen atoms in total. The Bertz CT molecular complexity index is 443. The van der Waals surface area contributed by atoms with Crippen molar-refractivity contribution in [3.63, 3.8) is 0 Å². The maximum absolute atomic E-state index is 3.35. The van der Waals surface area contributed by atoms with Crippen molar-refractivity contribution in [2.45, 2.75) is 39.5 Å². The van der Waals surface area contributed by atoms with Crippen molar-refractivity contribution in [2.24, 2.45) is 0 Å². The monoisotopic (exact) mass is 420 g/mol. The zero-order valence-corrected chi connectivity index (χ0v) is 15.0. The second kappa shape index (κ2) is 7.06. The van der Waals surface area contributed by atoms with Crippen LogP contribution in [0.2, 0.25) is 0 Å². The largest absolute Gasteiger partial charge is 2.00 e. The molecule has 2 aromatic rings. The van der Waals surface area contributed by atoms with Gasteiger partial charge >= 0.3 is 21.1 Å². The van der Waals surface area contributed by atoms with Crippen molar-refractivity contribution in [2.75, 3.05) is 0 Å². The summed E-state index contributed by atoms with van der Waals surface area (Å²) >= 11 is 0. The molecule has 0 aliphatic heterocycles. The van der Waals surface area contributed by atoms with Crippen molar-refractivity contribution < 1.29 is 21.1 Å². The molecule has 0 amide bonds. The van der Waals surface area contributed by atoms with Gasteiger partial charge in [0.1, 0.15) is 0 Å². The molecule has 0 spiro atoms. The third-order valence-electron chi connectivity index (χ3n) is 3.30. The average molecular weight is 420 g/mol. The Morgan fingerprint density at radius 2 is 1.05 bits per heavy atom. The smallest absolute Gasteiger partial charge is 0.226 e. The quantitative estimate of drug-likeness (QED) is 0.600. The minimum atomic E-state index is 0. The first-order chi connectivity index (χ1) is 8.58. The molecule has 0 N–H and O–H groups in total. The minimum Gasteiger partial charge on any atom is -0.226 e. The van der Waals surface area contributed by atoms with Gasteiger partial charge in [-0.05, 0) is 0 Å². The zero-order chi connectivity index (χ0) is 13.1. The van der Waals surface area contributed by atoms with E-state index in [2.05, 4.69) is 76.2 Å². The molecule has 0 saturated carbocycles. The van der Waals surface area contributed by atoms with Gasteiger partial charge < -0.3 is 0 Å². The Balaban J connectivity index is 0.00000180. The van der Waals surface area contributed by atoms with E-state index >= 15 is 0 Å². The van der Waals surface area contributed by atoms with E-state index in [1.807, 2.05) is 0 Å². The first-order valence-corrected chi connectivity index (χ1v) is 6.61. The zero-order valence-electron chi connectivity index (χ0n) is 12.0. The minimum absolute atomic E-state index is 0. The number of hydrogen-bond acceptors (Lipinski definition) is 0. The first-order valence-electron chi connectivity index (χ1n) is 6.61. The van der Waals surface area contributed by atoms with Gasteiger partial charge in [0.15, 0.2) is 0 Å². The summed E-state index contributed by atoms with van der Waals surface area (Å²) in [5.41, 5.74) is 4.90. The van der Waals surface area contributed by atoms with Crippen molar-refractivity contribution in [3.8, 4) is 11.1 Å². The summed E-state index contributed by atoms with van der Waals surface area (Å²) in [5, 5.41) is 0. The molecule has 0 radical (unpaired) electrons. The van der Waals surface area contributed by atoms with Crippen LogP contribution in [0.25, 0.3) is 11.1 Å². The van der Waals surface area contributed by atoms with Crippen LogP contribution in [0, 0.1) is 12.1 Å². The second-order valence-electron chi connectivity index (χ2n) is 5.38. The summed E-state index contributed by atoms with van der Waals surface area (Å²) in [6, 6.07) is 19.5. The molecule has 2 aromatic carbocycles. The van der Waals surface area contributed by atoms with E-state index in [-0.39, 0.29) is 21.1 Å². The van der Waals surface area contributed by atoms with Crippen LogP contribution in [0.1, 0.15) is 50.7 Å². The van der Waals surface area contributed by atoms with E-state index in [1.54, 1.807) is 0 Å². The maximum Gasteiger partial charge on any atom is 2.00 e. The van der Waals surface area contributed by atoms with Gasteiger partial charge in [-0.25, -0.2) is 11.1 Å². The van der Waals surface area contributed by atoms with Crippen LogP contribution in [0.5, 0.6) is 0 Å². The molecular formula is C18H20W. The summed E-state index contributed by atoms with van der Waals surface area (Å²) in [7, 11) is 0. The van der Waals surface area contributed by atoms with Gasteiger partial charge in [0.2, 0.25) is 0 Å². The fraction of sp³-hybridized carbons (Fsp3) is 0.333. The van der Waals surface area contributed by atoms with Gasteiger partial charge in [0.05, 0.1) is 0 Å². The van der Waals surface area contributed by atoms with Gasteiger partial charge in [-0.2, -0.15) is 48.5 Å². The summed E-state index contributed by atoms with van der Waals surface area (Å²) in [6.45, 7) is 8.80. The molecule has 0 aromatic heterocycles. The molecule has 0 saturated heterocycles. The van der Waals surface area contributed by atoms with Crippen molar-refractivity contribution in [1.82, 2.24) is 0 Å². The topological polar surface area (TPSA) is 0 Å². The fourth-order valence-electron chi connectivity index (χ4n) is 1.93. The van der Waals surface area contributed by atoms with Crippen LogP contribution in [-0.4, -0.2) is 0 Å². The maximum atomic E-state index is 3.35. The van der Waals surface area contributed by atoms with Crippen molar-refractivity contribution in [3.05, 3.63) is 59.7 Å². The van der Waals surface area contributed by atoms with Gasteiger partial charge in [-0.3, -0.25) is 0 Å². The number of rotatable bonds is 3. The van der Waals surface area contributed by atoms with Crippen LogP contribution in [0.4, 0.5) is 0 Å². The second-order valence-corrected chi connectivity index (χ2v) is 5.38. The van der Waals surface area contributed by atoms with Crippen LogP contribution < -0.4 is 0 Å². The molecule has 19 heavy (non-hydrogen) atoms. The summed E-state index contributed by atoms with van der Waals surface area (Å²) < 4.78 is 0. The van der Waals surface area contributed by atoms with Crippen molar-refractivity contribution >= 4 is 0 Å². The normalized spacial score (nSPS) is 10.6. The molecule has 0 fully saturated rings. The Hall–Kier alpha value is -0.872. The van der Waals surface area contributed by atoms with E-state index in [0.717, 1.165) is 11.1 Å². The summed E-state index contributed by atoms with van der Waals surface area (Å²) in [5.74, 6) is 1.12. The third-order valence-corrected chi connectivity index (χ3v) is 3.30. The van der Waals surface area contributed by atoms with Crippen LogP contribution in [0.15, 0.2) is 36.4 Å². The van der Waals surface area contributed by atoms with E-state index in [1.165, 1.54) is 11.1 Å². The molecule has 98 valence electrons. The SMILES string of the molecule is CC(C)c1c[c-]c(-c2[c-]cc(C(C)C)cc2)cc1.[W+2]. The Morgan fingerprint density at radius 1 is 0.684 bits per heavy atom. The summed E-state index contributed by atoms with van der Waals surface area (Å²) in [4.78, 5) is 0. The molecule has 0 atom stereocenters. The predicted octanol–water partition coefficient (Wildman–Crippen LogP) is 5.20. The molecule has 0 bridgehead atoms. The molecule has 0 aliphatic carbocycles. The van der Waals surface area contributed by atoms with Gasteiger partial charge in [0.25, 0.3) is 0 Å². The molecule has 0 heterocycles. The van der Waals surface area contributed by atoms with Crippen LogP contribution in [-0.2, 0) is 21.1 Å². The van der Waals surface area contributed by atoms with E-state index in [4.69, 9.17) is 0 Å². The molecule has 0 unspecified atom stereocenters. The molecule has 2 rings (SSSR count). The van der Waals surface area contributed by atoms with Crippen molar-refractivity contribution in [1.29, 1.82) is 0 Å². The Morgan fingerprint density at radius 3 is 1.26 bits per heavy atom. The summed E-state index contributed by atoms with van der Waals surface area (Å²) in [6.07, 6.45) is 0. The molecule has 1 heteroatoms. The first kappa shape index (κ1) is 16.2. The predicted molar refractivity (Wildman–Crippen MR) is 77.7 cm³/mol.